The third kappa shape index (κ3) is 14.4. The molecule has 0 heterocycles. The Bertz CT molecular complexity index is 564. The molecule has 7 heteroatoms. The molecule has 0 aliphatic heterocycles. The van der Waals surface area contributed by atoms with Crippen molar-refractivity contribution in [1.29, 1.82) is 0 Å². The van der Waals surface area contributed by atoms with Crippen molar-refractivity contribution in [2.24, 2.45) is 0 Å². The zero-order chi connectivity index (χ0) is 31.2. The number of unbranched alkanes of at least 4 members (excludes halogenated alkanes) is 8. The predicted octanol–water partition coefficient (Wildman–Crippen LogP) is 14.3. The summed E-state index contributed by atoms with van der Waals surface area (Å²) in [7, 11) is 0. The summed E-state index contributed by atoms with van der Waals surface area (Å²) in [6.45, 7) is 16.2. The first-order valence-electron chi connectivity index (χ1n) is 18.3. The second kappa shape index (κ2) is 22.3. The Morgan fingerprint density at radius 3 is 0.756 bits per heavy atom. The van der Waals surface area contributed by atoms with Crippen LogP contribution in [0.3, 0.4) is 0 Å². The first-order chi connectivity index (χ1) is 19.6. The Kier molecular flexibility index (Phi) is 23.3. The van der Waals surface area contributed by atoms with E-state index in [4.69, 9.17) is 20.4 Å². The van der Waals surface area contributed by atoms with Crippen molar-refractivity contribution < 1.29 is 8.62 Å². The van der Waals surface area contributed by atoms with Crippen molar-refractivity contribution >= 4 is 42.5 Å². The molecule has 0 amide bonds. The Morgan fingerprint density at radius 2 is 0.610 bits per heavy atom. The Labute approximate surface area is 270 Å². The van der Waals surface area contributed by atoms with Crippen LogP contribution in [0.2, 0.25) is 0 Å². The molecular weight excluding hydrogens is 597 g/mol. The molecule has 252 valence electrons. The van der Waals surface area contributed by atoms with E-state index in [0.717, 1.165) is 5.75 Å². The van der Waals surface area contributed by atoms with Gasteiger partial charge in [-0.2, -0.15) is 0 Å². The Balaban J connectivity index is 7.37. The quantitative estimate of drug-likeness (QED) is 0.0706. The summed E-state index contributed by atoms with van der Waals surface area (Å²) in [5, 5.41) is 0. The van der Waals surface area contributed by atoms with Crippen LogP contribution < -0.4 is 0 Å². The van der Waals surface area contributed by atoms with Crippen molar-refractivity contribution in [3.8, 4) is 0 Å². The molecule has 41 heavy (non-hydrogen) atoms. The summed E-state index contributed by atoms with van der Waals surface area (Å²) >= 11 is 8.88. The molecule has 0 saturated heterocycles. The molecule has 0 saturated carbocycles. The van der Waals surface area contributed by atoms with Gasteiger partial charge in [0.2, 0.25) is 0 Å². The van der Waals surface area contributed by atoms with Gasteiger partial charge in [-0.25, -0.2) is 0 Å². The van der Waals surface area contributed by atoms with Crippen LogP contribution >= 0.6 is 30.7 Å². The number of hydrogen-bond acceptors (Lipinski definition) is 4. The number of rotatable bonds is 30. The van der Waals surface area contributed by atoms with Crippen LogP contribution in [0.4, 0.5) is 0 Å². The molecule has 0 unspecified atom stereocenters. The van der Waals surface area contributed by atoms with Crippen molar-refractivity contribution in [1.82, 2.24) is 0 Å². The van der Waals surface area contributed by atoms with Gasteiger partial charge in [0, 0.05) is 0 Å². The van der Waals surface area contributed by atoms with Crippen LogP contribution in [0.1, 0.15) is 165 Å². The molecule has 0 atom stereocenters. The molecule has 0 fully saturated rings. The van der Waals surface area contributed by atoms with Crippen LogP contribution in [-0.4, -0.2) is 55.0 Å². The van der Waals surface area contributed by atoms with E-state index in [1.165, 1.54) is 152 Å². The van der Waals surface area contributed by atoms with E-state index >= 15 is 0 Å². The van der Waals surface area contributed by atoms with Crippen molar-refractivity contribution in [2.45, 2.75) is 165 Å². The molecule has 0 radical (unpaired) electrons. The molecule has 0 aromatic carbocycles. The fraction of sp³-hybridized carbons (Fsp3) is 1.00. The van der Waals surface area contributed by atoms with Gasteiger partial charge in [0.25, 0.3) is 0 Å². The van der Waals surface area contributed by atoms with Crippen LogP contribution in [0.5, 0.6) is 0 Å². The van der Waals surface area contributed by atoms with E-state index in [2.05, 4.69) is 62.3 Å². The van der Waals surface area contributed by atoms with E-state index in [0.29, 0.717) is 0 Å². The minimum absolute atomic E-state index is 1.00. The molecule has 0 rings (SSSR count). The summed E-state index contributed by atoms with van der Waals surface area (Å²) in [5.74, 6) is 1.00. The zero-order valence-electron chi connectivity index (χ0n) is 29.7. The first kappa shape index (κ1) is 42.8. The Hall–Kier alpha value is 1.78. The molecule has 2 nitrogen and oxygen atoms in total. The standard InChI is InChI=1S/C34H77O2P3S2/c1-10-19-27-38(28-20-11-2,29-21-12-3,30-22-13-4)35-37(40,41-18-9)36-39(31-23-14-5,32-24-15-6,33-25-16-7)34-26-17-8/h10-34H2,1-9H3. The third-order valence-electron chi connectivity index (χ3n) is 9.57. The van der Waals surface area contributed by atoms with Crippen molar-refractivity contribution in [3.63, 3.8) is 0 Å². The van der Waals surface area contributed by atoms with Gasteiger partial charge in [-0.1, -0.05) is 0 Å². The van der Waals surface area contributed by atoms with E-state index in [-0.39, 0.29) is 0 Å². The van der Waals surface area contributed by atoms with E-state index in [9.17, 15) is 0 Å². The van der Waals surface area contributed by atoms with Gasteiger partial charge < -0.3 is 0 Å². The second-order valence-corrected chi connectivity index (χ2v) is 31.8. The number of hydrogen-bond donors (Lipinski definition) is 0. The van der Waals surface area contributed by atoms with Gasteiger partial charge in [0.15, 0.2) is 0 Å². The van der Waals surface area contributed by atoms with Crippen LogP contribution in [0.15, 0.2) is 0 Å². The predicted molar refractivity (Wildman–Crippen MR) is 207 cm³/mol. The monoisotopic (exact) mass is 674 g/mol. The molecule has 0 spiro atoms. The van der Waals surface area contributed by atoms with Gasteiger partial charge >= 0.3 is 271 Å². The summed E-state index contributed by atoms with van der Waals surface area (Å²) in [6, 6.07) is 0. The fourth-order valence-corrected chi connectivity index (χ4v) is 36.3. The van der Waals surface area contributed by atoms with E-state index in [1.54, 1.807) is 0 Å². The molecule has 0 aromatic heterocycles. The zero-order valence-corrected chi connectivity index (χ0v) is 34.0. The second-order valence-electron chi connectivity index (χ2n) is 13.4. The molecule has 0 N–H and O–H groups in total. The first-order valence-corrected chi connectivity index (χ1v) is 28.3. The maximum atomic E-state index is 8.09. The van der Waals surface area contributed by atoms with Gasteiger partial charge in [-0.15, -0.1) is 0 Å². The Morgan fingerprint density at radius 1 is 0.415 bits per heavy atom. The third-order valence-corrected chi connectivity index (χ3v) is 32.1. The van der Waals surface area contributed by atoms with Gasteiger partial charge in [0.1, 0.15) is 0 Å². The topological polar surface area (TPSA) is 18.5 Å². The molecule has 0 aromatic rings. The van der Waals surface area contributed by atoms with E-state index < -0.39 is 19.4 Å². The van der Waals surface area contributed by atoms with Crippen LogP contribution in [0.25, 0.3) is 0 Å². The molecule has 0 bridgehead atoms. The van der Waals surface area contributed by atoms with Gasteiger partial charge in [0.05, 0.1) is 0 Å². The molecular formula is C34H77O2P3S2. The minimum atomic E-state index is -2.55. The van der Waals surface area contributed by atoms with Gasteiger partial charge in [-0.05, 0) is 0 Å². The summed E-state index contributed by atoms with van der Waals surface area (Å²) < 4.78 is 16.2. The molecule has 0 aliphatic rings. The van der Waals surface area contributed by atoms with Crippen LogP contribution in [-0.2, 0) is 20.4 Å². The average molecular weight is 675 g/mol. The van der Waals surface area contributed by atoms with Crippen LogP contribution in [0, 0.1) is 0 Å². The van der Waals surface area contributed by atoms with Crippen molar-refractivity contribution in [2.75, 3.05) is 55.0 Å². The normalized spacial score (nSPS) is 16.1. The SMILES string of the molecule is CCCCP(CCCC)(CCCC)(CCCC)OP(=S)(OP(CCCC)(CCCC)(CCCC)CCCC)SCC. The summed E-state index contributed by atoms with van der Waals surface area (Å²) in [4.78, 5) is 0. The van der Waals surface area contributed by atoms with E-state index in [1.807, 2.05) is 11.4 Å². The van der Waals surface area contributed by atoms with Crippen molar-refractivity contribution in [3.05, 3.63) is 0 Å². The summed E-state index contributed by atoms with van der Waals surface area (Å²) in [5.41, 5.74) is -2.55. The fourth-order valence-electron chi connectivity index (χ4n) is 6.92. The summed E-state index contributed by atoms with van der Waals surface area (Å²) in [6.07, 6.45) is 30.4. The maximum absolute atomic E-state index is 8.09. The molecule has 0 aliphatic carbocycles. The average Bonchev–Trinajstić information content (AvgIpc) is 2.97. The van der Waals surface area contributed by atoms with Gasteiger partial charge in [-0.3, -0.25) is 0 Å².